The molecule has 2 heterocycles. The van der Waals surface area contributed by atoms with E-state index in [2.05, 4.69) is 32.6 Å². The molecule has 1 amide bonds. The molecule has 1 N–H and O–H groups in total. The molecule has 0 aliphatic heterocycles. The van der Waals surface area contributed by atoms with Gasteiger partial charge in [0.25, 0.3) is 5.91 Å². The molecular formula is C22H21N5O2S. The molecule has 0 unspecified atom stereocenters. The van der Waals surface area contributed by atoms with Gasteiger partial charge in [0, 0.05) is 23.1 Å². The third-order valence-electron chi connectivity index (χ3n) is 4.52. The summed E-state index contributed by atoms with van der Waals surface area (Å²) in [5, 5.41) is 20.7. The summed E-state index contributed by atoms with van der Waals surface area (Å²) < 4.78 is 5.80. The molecule has 8 heteroatoms. The van der Waals surface area contributed by atoms with Crippen molar-refractivity contribution in [3.63, 3.8) is 0 Å². The molecule has 4 aromatic rings. The van der Waals surface area contributed by atoms with Crippen LogP contribution in [0.4, 0.5) is 5.13 Å². The van der Waals surface area contributed by atoms with Gasteiger partial charge < -0.3 is 4.42 Å². The summed E-state index contributed by atoms with van der Waals surface area (Å²) in [6.45, 7) is 4.14. The fourth-order valence-electron chi connectivity index (χ4n) is 2.90. The second kappa shape index (κ2) is 8.96. The predicted octanol–water partition coefficient (Wildman–Crippen LogP) is 5.16. The monoisotopic (exact) mass is 419 g/mol. The minimum atomic E-state index is -0.231. The van der Waals surface area contributed by atoms with E-state index in [0.29, 0.717) is 22.5 Å². The standard InChI is InChI=1S/C22H21N5O2S/c1-3-4-8-18-24-27-22(30-18)23-19(28)15-9-11-16(12-10-15)20-25-26-21(29-20)17-7-5-6-14(2)13-17/h5-7,9-13H,3-4,8H2,1-2H3,(H,23,27,28). The van der Waals surface area contributed by atoms with E-state index in [9.17, 15) is 4.79 Å². The van der Waals surface area contributed by atoms with Crippen LogP contribution in [0, 0.1) is 6.92 Å². The summed E-state index contributed by atoms with van der Waals surface area (Å²) in [7, 11) is 0. The van der Waals surface area contributed by atoms with Gasteiger partial charge in [-0.15, -0.1) is 20.4 Å². The van der Waals surface area contributed by atoms with Crippen LogP contribution in [0.5, 0.6) is 0 Å². The largest absolute Gasteiger partial charge is 0.416 e. The van der Waals surface area contributed by atoms with Crippen molar-refractivity contribution >= 4 is 22.4 Å². The Morgan fingerprint density at radius 2 is 1.77 bits per heavy atom. The summed E-state index contributed by atoms with van der Waals surface area (Å²) in [5.74, 6) is 0.638. The first-order valence-electron chi connectivity index (χ1n) is 9.77. The summed E-state index contributed by atoms with van der Waals surface area (Å²) in [6, 6.07) is 14.9. The molecule has 7 nitrogen and oxygen atoms in total. The first-order valence-corrected chi connectivity index (χ1v) is 10.6. The van der Waals surface area contributed by atoms with Crippen LogP contribution in [0.15, 0.2) is 52.9 Å². The highest BCUT2D eigenvalue weighted by atomic mass is 32.1. The van der Waals surface area contributed by atoms with Crippen LogP contribution < -0.4 is 5.32 Å². The van der Waals surface area contributed by atoms with Gasteiger partial charge in [-0.3, -0.25) is 10.1 Å². The summed E-state index contributed by atoms with van der Waals surface area (Å²) in [6.07, 6.45) is 3.04. The summed E-state index contributed by atoms with van der Waals surface area (Å²) in [5.41, 5.74) is 3.26. The number of hydrogen-bond acceptors (Lipinski definition) is 7. The zero-order valence-electron chi connectivity index (χ0n) is 16.8. The molecule has 0 aliphatic rings. The Bertz CT molecular complexity index is 1150. The van der Waals surface area contributed by atoms with Crippen molar-refractivity contribution < 1.29 is 9.21 Å². The third kappa shape index (κ3) is 4.60. The Balaban J connectivity index is 1.44. The molecule has 0 bridgehead atoms. The van der Waals surface area contributed by atoms with Crippen LogP contribution in [0.25, 0.3) is 22.9 Å². The molecule has 0 spiro atoms. The lowest BCUT2D eigenvalue weighted by atomic mass is 10.1. The number of benzene rings is 2. The van der Waals surface area contributed by atoms with E-state index < -0.39 is 0 Å². The molecule has 30 heavy (non-hydrogen) atoms. The maximum Gasteiger partial charge on any atom is 0.257 e. The van der Waals surface area contributed by atoms with Crippen LogP contribution in [-0.2, 0) is 6.42 Å². The Morgan fingerprint density at radius 3 is 2.50 bits per heavy atom. The number of carbonyl (C=O) groups excluding carboxylic acids is 1. The Labute approximate surface area is 178 Å². The van der Waals surface area contributed by atoms with Crippen LogP contribution in [0.3, 0.4) is 0 Å². The van der Waals surface area contributed by atoms with E-state index in [4.69, 9.17) is 4.42 Å². The number of aromatic nitrogens is 4. The molecule has 152 valence electrons. The third-order valence-corrected chi connectivity index (χ3v) is 5.41. The van der Waals surface area contributed by atoms with Crippen molar-refractivity contribution in [3.8, 4) is 22.9 Å². The molecule has 0 atom stereocenters. The molecule has 0 saturated carbocycles. The zero-order chi connectivity index (χ0) is 20.9. The topological polar surface area (TPSA) is 93.8 Å². The first kappa shape index (κ1) is 19.9. The van der Waals surface area contributed by atoms with E-state index in [0.717, 1.165) is 41.0 Å². The van der Waals surface area contributed by atoms with Gasteiger partial charge in [-0.1, -0.05) is 42.4 Å². The van der Waals surface area contributed by atoms with Gasteiger partial charge in [0.05, 0.1) is 0 Å². The fourth-order valence-corrected chi connectivity index (χ4v) is 3.68. The predicted molar refractivity (Wildman–Crippen MR) is 116 cm³/mol. The highest BCUT2D eigenvalue weighted by Crippen LogP contribution is 2.25. The molecule has 2 aromatic heterocycles. The highest BCUT2D eigenvalue weighted by molar-refractivity contribution is 7.15. The van der Waals surface area contributed by atoms with Crippen molar-refractivity contribution in [1.29, 1.82) is 0 Å². The molecule has 0 saturated heterocycles. The summed E-state index contributed by atoms with van der Waals surface area (Å²) >= 11 is 1.41. The Morgan fingerprint density at radius 1 is 1.00 bits per heavy atom. The average Bonchev–Trinajstić information content (AvgIpc) is 3.42. The lowest BCUT2D eigenvalue weighted by molar-refractivity contribution is 0.102. The van der Waals surface area contributed by atoms with E-state index >= 15 is 0 Å². The molecule has 0 fully saturated rings. The van der Waals surface area contributed by atoms with Gasteiger partial charge in [0.1, 0.15) is 5.01 Å². The summed E-state index contributed by atoms with van der Waals surface area (Å²) in [4.78, 5) is 12.5. The number of rotatable bonds is 7. The second-order valence-corrected chi connectivity index (χ2v) is 7.98. The normalized spacial score (nSPS) is 10.9. The Hall–Kier alpha value is -3.39. The maximum absolute atomic E-state index is 12.5. The van der Waals surface area contributed by atoms with Gasteiger partial charge in [0.2, 0.25) is 16.9 Å². The fraction of sp³-hybridized carbons (Fsp3) is 0.227. The first-order chi connectivity index (χ1) is 14.6. The number of aryl methyl sites for hydroxylation is 2. The lowest BCUT2D eigenvalue weighted by Crippen LogP contribution is -2.11. The number of hydrogen-bond donors (Lipinski definition) is 1. The SMILES string of the molecule is CCCCc1nnc(NC(=O)c2ccc(-c3nnc(-c4cccc(C)c4)o3)cc2)s1. The van der Waals surface area contributed by atoms with Crippen LogP contribution >= 0.6 is 11.3 Å². The van der Waals surface area contributed by atoms with Gasteiger partial charge in [0.15, 0.2) is 0 Å². The molecule has 4 rings (SSSR count). The number of unbranched alkanes of at least 4 members (excludes halogenated alkanes) is 1. The second-order valence-electron chi connectivity index (χ2n) is 6.92. The van der Waals surface area contributed by atoms with Crippen molar-refractivity contribution in [2.24, 2.45) is 0 Å². The lowest BCUT2D eigenvalue weighted by Gasteiger charge is -2.02. The van der Waals surface area contributed by atoms with E-state index in [1.54, 1.807) is 24.3 Å². The number of anilines is 1. The van der Waals surface area contributed by atoms with Crippen molar-refractivity contribution in [1.82, 2.24) is 20.4 Å². The van der Waals surface area contributed by atoms with Crippen LogP contribution in [0.2, 0.25) is 0 Å². The van der Waals surface area contributed by atoms with Gasteiger partial charge in [-0.05, 0) is 49.7 Å². The molecular weight excluding hydrogens is 398 g/mol. The molecule has 0 aliphatic carbocycles. The van der Waals surface area contributed by atoms with E-state index in [1.165, 1.54) is 11.3 Å². The van der Waals surface area contributed by atoms with Crippen LogP contribution in [-0.4, -0.2) is 26.3 Å². The van der Waals surface area contributed by atoms with Crippen LogP contribution in [0.1, 0.15) is 40.7 Å². The number of carbonyl (C=O) groups is 1. The molecule has 2 aromatic carbocycles. The maximum atomic E-state index is 12.5. The Kier molecular flexibility index (Phi) is 5.94. The van der Waals surface area contributed by atoms with Gasteiger partial charge >= 0.3 is 0 Å². The highest BCUT2D eigenvalue weighted by Gasteiger charge is 2.13. The van der Waals surface area contributed by atoms with E-state index in [-0.39, 0.29) is 5.91 Å². The number of nitrogens with one attached hydrogen (secondary N) is 1. The molecule has 0 radical (unpaired) electrons. The van der Waals surface area contributed by atoms with Gasteiger partial charge in [-0.2, -0.15) is 0 Å². The number of amides is 1. The average molecular weight is 420 g/mol. The van der Waals surface area contributed by atoms with E-state index in [1.807, 2.05) is 31.2 Å². The number of nitrogens with zero attached hydrogens (tertiary/aromatic N) is 4. The quantitative estimate of drug-likeness (QED) is 0.445. The van der Waals surface area contributed by atoms with Crippen molar-refractivity contribution in [3.05, 3.63) is 64.7 Å². The van der Waals surface area contributed by atoms with Gasteiger partial charge in [-0.25, -0.2) is 0 Å². The van der Waals surface area contributed by atoms with Crippen molar-refractivity contribution in [2.45, 2.75) is 33.1 Å². The minimum Gasteiger partial charge on any atom is -0.416 e. The van der Waals surface area contributed by atoms with Crippen molar-refractivity contribution in [2.75, 3.05) is 5.32 Å². The zero-order valence-corrected chi connectivity index (χ0v) is 17.6. The smallest absolute Gasteiger partial charge is 0.257 e. The minimum absolute atomic E-state index is 0.231.